The predicted octanol–water partition coefficient (Wildman–Crippen LogP) is 4.34. The SMILES string of the molecule is COc1ccc(F)cc1[C@@H](C)Nc1ccn2ncc(C3=NC(C)(c4ccc(F)cc4)ON3)c2n1. The molecule has 2 aromatic carbocycles. The van der Waals surface area contributed by atoms with E-state index in [-0.39, 0.29) is 17.7 Å². The number of nitrogens with one attached hydrogen (secondary N) is 2. The lowest BCUT2D eigenvalue weighted by molar-refractivity contribution is -0.0453. The van der Waals surface area contributed by atoms with Crippen LogP contribution < -0.4 is 15.5 Å². The number of nitrogens with zero attached hydrogens (tertiary/aromatic N) is 4. The van der Waals surface area contributed by atoms with Crippen molar-refractivity contribution in [1.82, 2.24) is 20.1 Å². The van der Waals surface area contributed by atoms with Gasteiger partial charge in [0.2, 0.25) is 5.72 Å². The van der Waals surface area contributed by atoms with Crippen LogP contribution in [-0.2, 0) is 10.6 Å². The van der Waals surface area contributed by atoms with E-state index in [9.17, 15) is 8.78 Å². The van der Waals surface area contributed by atoms with Crippen LogP contribution in [0.2, 0.25) is 0 Å². The summed E-state index contributed by atoms with van der Waals surface area (Å²) in [6.45, 7) is 3.67. The summed E-state index contributed by atoms with van der Waals surface area (Å²) in [5, 5.41) is 7.62. The number of hydroxylamine groups is 1. The van der Waals surface area contributed by atoms with Gasteiger partial charge in [0.25, 0.3) is 0 Å². The summed E-state index contributed by atoms with van der Waals surface area (Å²) >= 11 is 0. The maximum Gasteiger partial charge on any atom is 0.210 e. The van der Waals surface area contributed by atoms with Crippen LogP contribution in [0.25, 0.3) is 5.65 Å². The van der Waals surface area contributed by atoms with Gasteiger partial charge in [0.1, 0.15) is 23.2 Å². The number of benzene rings is 2. The normalized spacial score (nSPS) is 18.4. The maximum absolute atomic E-state index is 13.8. The van der Waals surface area contributed by atoms with Gasteiger partial charge in [-0.25, -0.2) is 33.6 Å². The van der Waals surface area contributed by atoms with Gasteiger partial charge in [-0.3, -0.25) is 0 Å². The van der Waals surface area contributed by atoms with Crippen molar-refractivity contribution in [2.24, 2.45) is 4.99 Å². The number of hydrogen-bond donors (Lipinski definition) is 2. The third-order valence-corrected chi connectivity index (χ3v) is 5.70. The molecular formula is C24H22F2N6O2. The van der Waals surface area contributed by atoms with Crippen molar-refractivity contribution >= 4 is 17.3 Å². The molecule has 0 spiro atoms. The number of halogens is 2. The maximum atomic E-state index is 13.8. The minimum atomic E-state index is -1.03. The van der Waals surface area contributed by atoms with E-state index in [0.717, 1.165) is 0 Å². The molecule has 0 bridgehead atoms. The fourth-order valence-corrected chi connectivity index (χ4v) is 3.86. The van der Waals surface area contributed by atoms with Crippen LogP contribution >= 0.6 is 0 Å². The smallest absolute Gasteiger partial charge is 0.210 e. The molecule has 174 valence electrons. The Morgan fingerprint density at radius 2 is 1.88 bits per heavy atom. The van der Waals surface area contributed by atoms with Gasteiger partial charge in [-0.1, -0.05) is 12.1 Å². The molecule has 1 aliphatic heterocycles. The van der Waals surface area contributed by atoms with Crippen molar-refractivity contribution in [3.8, 4) is 5.75 Å². The summed E-state index contributed by atoms with van der Waals surface area (Å²) in [5.74, 6) is 0.911. The van der Waals surface area contributed by atoms with Crippen LogP contribution in [0.4, 0.5) is 14.6 Å². The van der Waals surface area contributed by atoms with Gasteiger partial charge in [-0.15, -0.1) is 0 Å². The second kappa shape index (κ2) is 8.38. The summed E-state index contributed by atoms with van der Waals surface area (Å²) < 4.78 is 34.1. The Morgan fingerprint density at radius 3 is 2.65 bits per heavy atom. The Kier molecular flexibility index (Phi) is 5.37. The van der Waals surface area contributed by atoms with E-state index in [1.165, 1.54) is 24.3 Å². The van der Waals surface area contributed by atoms with Gasteiger partial charge < -0.3 is 10.1 Å². The number of methoxy groups -OCH3 is 1. The highest BCUT2D eigenvalue weighted by Crippen LogP contribution is 2.32. The van der Waals surface area contributed by atoms with E-state index in [1.807, 2.05) is 6.92 Å². The van der Waals surface area contributed by atoms with Crippen LogP contribution in [0, 0.1) is 11.6 Å². The molecule has 0 saturated heterocycles. The summed E-state index contributed by atoms with van der Waals surface area (Å²) in [6, 6.07) is 11.9. The zero-order valence-electron chi connectivity index (χ0n) is 18.7. The zero-order valence-corrected chi connectivity index (χ0v) is 18.7. The summed E-state index contributed by atoms with van der Waals surface area (Å²) in [5.41, 5.74) is 4.35. The Morgan fingerprint density at radius 1 is 1.12 bits per heavy atom. The number of aromatic nitrogens is 3. The first-order valence-corrected chi connectivity index (χ1v) is 10.6. The first-order valence-electron chi connectivity index (χ1n) is 10.6. The Bertz CT molecular complexity index is 1390. The number of anilines is 1. The molecule has 0 fully saturated rings. The number of fused-ring (bicyclic) bond motifs is 1. The Hall–Kier alpha value is -4.05. The molecule has 34 heavy (non-hydrogen) atoms. The summed E-state index contributed by atoms with van der Waals surface area (Å²) in [6.07, 6.45) is 3.40. The first-order chi connectivity index (χ1) is 16.4. The third-order valence-electron chi connectivity index (χ3n) is 5.70. The van der Waals surface area contributed by atoms with E-state index in [1.54, 1.807) is 55.2 Å². The molecule has 5 rings (SSSR count). The molecule has 2 N–H and O–H groups in total. The van der Waals surface area contributed by atoms with Crippen molar-refractivity contribution in [2.45, 2.75) is 25.6 Å². The van der Waals surface area contributed by atoms with Crippen molar-refractivity contribution < 1.29 is 18.4 Å². The largest absolute Gasteiger partial charge is 0.496 e. The highest BCUT2D eigenvalue weighted by Gasteiger charge is 2.35. The Balaban J connectivity index is 1.45. The highest BCUT2D eigenvalue weighted by molar-refractivity contribution is 6.04. The van der Waals surface area contributed by atoms with E-state index in [2.05, 4.69) is 25.9 Å². The number of hydrogen-bond acceptors (Lipinski definition) is 7. The molecule has 2 aromatic heterocycles. The summed E-state index contributed by atoms with van der Waals surface area (Å²) in [7, 11) is 1.55. The molecule has 4 aromatic rings. The van der Waals surface area contributed by atoms with Gasteiger partial charge in [0.05, 0.1) is 24.9 Å². The fourth-order valence-electron chi connectivity index (χ4n) is 3.86. The lowest BCUT2D eigenvalue weighted by atomic mass is 10.1. The molecular weight excluding hydrogens is 442 g/mol. The van der Waals surface area contributed by atoms with Gasteiger partial charge in [0.15, 0.2) is 11.5 Å². The van der Waals surface area contributed by atoms with Gasteiger partial charge in [-0.2, -0.15) is 5.10 Å². The van der Waals surface area contributed by atoms with E-state index in [0.29, 0.717) is 39.7 Å². The van der Waals surface area contributed by atoms with Crippen molar-refractivity contribution in [3.05, 3.63) is 89.2 Å². The first kappa shape index (κ1) is 21.8. The van der Waals surface area contributed by atoms with Crippen molar-refractivity contribution in [1.29, 1.82) is 0 Å². The van der Waals surface area contributed by atoms with Crippen molar-refractivity contribution in [2.75, 3.05) is 12.4 Å². The van der Waals surface area contributed by atoms with Gasteiger partial charge in [0, 0.05) is 17.3 Å². The van der Waals surface area contributed by atoms with E-state index < -0.39 is 5.72 Å². The lowest BCUT2D eigenvalue weighted by Gasteiger charge is -2.18. The second-order valence-electron chi connectivity index (χ2n) is 8.05. The molecule has 8 nitrogen and oxygen atoms in total. The zero-order chi connectivity index (χ0) is 23.9. The molecule has 10 heteroatoms. The van der Waals surface area contributed by atoms with E-state index in [4.69, 9.17) is 9.57 Å². The lowest BCUT2D eigenvalue weighted by Crippen LogP contribution is -2.24. The Labute approximate surface area is 194 Å². The molecule has 0 radical (unpaired) electrons. The van der Waals surface area contributed by atoms with E-state index >= 15 is 0 Å². The molecule has 2 atom stereocenters. The number of rotatable bonds is 6. The van der Waals surface area contributed by atoms with Crippen LogP contribution in [0.1, 0.15) is 36.6 Å². The second-order valence-corrected chi connectivity index (χ2v) is 8.05. The molecule has 1 unspecified atom stereocenters. The minimum Gasteiger partial charge on any atom is -0.496 e. The number of amidine groups is 1. The number of ether oxygens (including phenoxy) is 1. The molecule has 1 aliphatic rings. The average Bonchev–Trinajstić information content (AvgIpc) is 3.43. The quantitative estimate of drug-likeness (QED) is 0.442. The minimum absolute atomic E-state index is 0.279. The van der Waals surface area contributed by atoms with Crippen LogP contribution in [0.5, 0.6) is 5.75 Å². The third kappa shape index (κ3) is 3.92. The van der Waals surface area contributed by atoms with Crippen molar-refractivity contribution in [3.63, 3.8) is 0 Å². The van der Waals surface area contributed by atoms with Gasteiger partial charge in [-0.05, 0) is 50.2 Å². The topological polar surface area (TPSA) is 85.1 Å². The molecule has 3 heterocycles. The molecule has 0 saturated carbocycles. The molecule has 0 amide bonds. The fraction of sp³-hybridized carbons (Fsp3) is 0.208. The van der Waals surface area contributed by atoms with Crippen LogP contribution in [0.3, 0.4) is 0 Å². The standard InChI is InChI=1S/C24H22F2N6O2/c1-14(18-12-17(26)8-9-20(18)33-3)28-21-10-11-32-23(29-21)19(13-27-32)22-30-24(2,34-31-22)15-4-6-16(25)7-5-15/h4-14H,1-3H3,(H,28,29)(H,30,31)/t14-,24?/m1/s1. The number of aliphatic imine (C=N–C) groups is 1. The monoisotopic (exact) mass is 464 g/mol. The predicted molar refractivity (Wildman–Crippen MR) is 122 cm³/mol. The van der Waals surface area contributed by atoms with Gasteiger partial charge >= 0.3 is 0 Å². The highest BCUT2D eigenvalue weighted by atomic mass is 19.1. The summed E-state index contributed by atoms with van der Waals surface area (Å²) in [4.78, 5) is 15.1. The van der Waals surface area contributed by atoms with Crippen LogP contribution in [-0.4, -0.2) is 27.5 Å². The average molecular weight is 464 g/mol. The molecule has 0 aliphatic carbocycles. The van der Waals surface area contributed by atoms with Crippen LogP contribution in [0.15, 0.2) is 65.9 Å².